The Balaban J connectivity index is 2.41. The lowest BCUT2D eigenvalue weighted by Crippen LogP contribution is -2.52. The van der Waals surface area contributed by atoms with Crippen LogP contribution >= 0.6 is 38.9 Å². The van der Waals surface area contributed by atoms with E-state index in [2.05, 4.69) is 27.8 Å². The summed E-state index contributed by atoms with van der Waals surface area (Å²) in [6.07, 6.45) is 0.370. The summed E-state index contributed by atoms with van der Waals surface area (Å²) in [5.41, 5.74) is -0.478. The second kappa shape index (κ2) is 4.30. The third kappa shape index (κ3) is 2.11. The Hall–Kier alpha value is -0.520. The predicted octanol–water partition coefficient (Wildman–Crippen LogP) is 3.30. The van der Waals surface area contributed by atoms with Crippen LogP contribution in [0.3, 0.4) is 0 Å². The van der Waals surface area contributed by atoms with Crippen LogP contribution in [-0.2, 0) is 10.3 Å². The molecule has 1 N–H and O–H groups in total. The maximum absolute atomic E-state index is 11.9. The Bertz CT molecular complexity index is 482. The number of carbonyl (C=O) groups is 1. The zero-order valence-corrected chi connectivity index (χ0v) is 12.7. The molecule has 0 bridgehead atoms. The molecule has 1 amide bonds. The fourth-order valence-corrected chi connectivity index (χ4v) is 3.86. The summed E-state index contributed by atoms with van der Waals surface area (Å²) >= 11 is 11.1. The van der Waals surface area contributed by atoms with Crippen molar-refractivity contribution in [3.8, 4) is 0 Å². The van der Waals surface area contributed by atoms with Crippen LogP contribution in [0.2, 0.25) is 5.02 Å². The molecular formula is C11H12BrClN2OS. The maximum Gasteiger partial charge on any atom is 0.230 e. The zero-order valence-electron chi connectivity index (χ0n) is 9.51. The van der Waals surface area contributed by atoms with Gasteiger partial charge in [-0.05, 0) is 22.9 Å². The monoisotopic (exact) mass is 334 g/mol. The molecule has 1 aliphatic heterocycles. The zero-order chi connectivity index (χ0) is 12.8. The Morgan fingerprint density at radius 1 is 1.71 bits per heavy atom. The first-order valence-electron chi connectivity index (χ1n) is 5.02. The number of rotatable bonds is 1. The van der Waals surface area contributed by atoms with E-state index in [1.165, 1.54) is 16.2 Å². The molecule has 1 aromatic heterocycles. The molecule has 0 saturated carbocycles. The summed E-state index contributed by atoms with van der Waals surface area (Å²) in [4.78, 5) is 14.4. The largest absolute Gasteiger partial charge is 0.361 e. The van der Waals surface area contributed by atoms with Crippen LogP contribution in [0.4, 0.5) is 0 Å². The molecule has 1 fully saturated rings. The fourth-order valence-electron chi connectivity index (χ4n) is 1.85. The Labute approximate surface area is 118 Å². The van der Waals surface area contributed by atoms with E-state index in [9.17, 15) is 4.79 Å². The number of amides is 1. The summed E-state index contributed by atoms with van der Waals surface area (Å²) in [6.45, 7) is 5.81. The number of hydrogen-bond donors (Lipinski definition) is 1. The van der Waals surface area contributed by atoms with E-state index >= 15 is 0 Å². The van der Waals surface area contributed by atoms with Gasteiger partial charge in [0, 0.05) is 21.8 Å². The summed E-state index contributed by atoms with van der Waals surface area (Å²) in [5, 5.41) is 5.85. The highest BCUT2D eigenvalue weighted by Crippen LogP contribution is 2.42. The first-order chi connectivity index (χ1) is 7.85. The van der Waals surface area contributed by atoms with Crippen LogP contribution in [-0.4, -0.2) is 17.9 Å². The highest BCUT2D eigenvalue weighted by Gasteiger charge is 2.39. The van der Waals surface area contributed by atoms with Crippen LogP contribution in [0.5, 0.6) is 0 Å². The van der Waals surface area contributed by atoms with Crippen molar-refractivity contribution in [1.82, 2.24) is 10.2 Å². The third-order valence-electron chi connectivity index (χ3n) is 2.89. The van der Waals surface area contributed by atoms with Gasteiger partial charge in [0.1, 0.15) is 5.82 Å². The molecular weight excluding hydrogens is 324 g/mol. The first kappa shape index (κ1) is 12.9. The first-order valence-corrected chi connectivity index (χ1v) is 7.07. The minimum atomic E-state index is -0.478. The average Bonchev–Trinajstić information content (AvgIpc) is 2.57. The number of nitrogens with zero attached hydrogens (tertiary/aromatic N) is 1. The smallest absolute Gasteiger partial charge is 0.230 e. The van der Waals surface area contributed by atoms with Gasteiger partial charge in [-0.15, -0.1) is 11.3 Å². The van der Waals surface area contributed by atoms with Gasteiger partial charge in [0.2, 0.25) is 5.91 Å². The van der Waals surface area contributed by atoms with Crippen molar-refractivity contribution in [3.63, 3.8) is 0 Å². The minimum Gasteiger partial charge on any atom is -0.361 e. The summed E-state index contributed by atoms with van der Waals surface area (Å²) in [7, 11) is 1.71. The van der Waals surface area contributed by atoms with Gasteiger partial charge in [0.25, 0.3) is 0 Å². The Morgan fingerprint density at radius 3 is 2.82 bits per heavy atom. The number of carbonyl (C=O) groups excluding carboxylic acids is 1. The van der Waals surface area contributed by atoms with E-state index in [0.717, 1.165) is 9.35 Å². The van der Waals surface area contributed by atoms with Crippen molar-refractivity contribution in [1.29, 1.82) is 0 Å². The van der Waals surface area contributed by atoms with Gasteiger partial charge in [-0.2, -0.15) is 0 Å². The molecule has 3 nitrogen and oxygen atoms in total. The molecule has 1 aromatic rings. The highest BCUT2D eigenvalue weighted by atomic mass is 79.9. The molecule has 1 atom stereocenters. The Morgan fingerprint density at radius 2 is 2.35 bits per heavy atom. The van der Waals surface area contributed by atoms with E-state index in [-0.39, 0.29) is 5.91 Å². The quantitative estimate of drug-likeness (QED) is 0.854. The van der Waals surface area contributed by atoms with Crippen molar-refractivity contribution in [3.05, 3.63) is 32.2 Å². The van der Waals surface area contributed by atoms with E-state index < -0.39 is 5.54 Å². The van der Waals surface area contributed by atoms with Gasteiger partial charge in [-0.3, -0.25) is 4.79 Å². The number of halogens is 2. The van der Waals surface area contributed by atoms with Crippen LogP contribution in [0, 0.1) is 0 Å². The molecule has 0 unspecified atom stereocenters. The van der Waals surface area contributed by atoms with Crippen LogP contribution in [0.1, 0.15) is 18.2 Å². The normalized spacial score (nSPS) is 25.1. The molecule has 17 heavy (non-hydrogen) atoms. The van der Waals surface area contributed by atoms with Crippen molar-refractivity contribution >= 4 is 44.8 Å². The van der Waals surface area contributed by atoms with Gasteiger partial charge >= 0.3 is 0 Å². The molecule has 1 aliphatic rings. The lowest BCUT2D eigenvalue weighted by Gasteiger charge is -2.40. The van der Waals surface area contributed by atoms with Crippen molar-refractivity contribution < 1.29 is 4.79 Å². The van der Waals surface area contributed by atoms with Gasteiger partial charge in [-0.1, -0.05) is 18.2 Å². The van der Waals surface area contributed by atoms with Gasteiger partial charge < -0.3 is 10.2 Å². The molecule has 0 aromatic carbocycles. The van der Waals surface area contributed by atoms with Crippen molar-refractivity contribution in [2.24, 2.45) is 0 Å². The molecule has 0 spiro atoms. The molecule has 1 saturated heterocycles. The standard InChI is InChI=1S/C11H12BrClN2OS/c1-6-14-11(2,4-8(16)15(6)3)10-9(13)7(12)5-17-10/h5,14H,1,4H2,2-3H3/t11-/m0/s1. The van der Waals surface area contributed by atoms with Crippen LogP contribution in [0.15, 0.2) is 22.3 Å². The van der Waals surface area contributed by atoms with E-state index in [1.54, 1.807) is 7.05 Å². The number of hydrogen-bond acceptors (Lipinski definition) is 3. The Kier molecular flexibility index (Phi) is 3.27. The van der Waals surface area contributed by atoms with E-state index in [1.807, 2.05) is 12.3 Å². The van der Waals surface area contributed by atoms with E-state index in [4.69, 9.17) is 11.6 Å². The summed E-state index contributed by atoms with van der Waals surface area (Å²) in [6, 6.07) is 0. The summed E-state index contributed by atoms with van der Waals surface area (Å²) in [5.74, 6) is 0.640. The predicted molar refractivity (Wildman–Crippen MR) is 74.0 cm³/mol. The second-order valence-corrected chi connectivity index (χ2v) is 6.37. The van der Waals surface area contributed by atoms with Gasteiger partial charge in [0.05, 0.1) is 17.0 Å². The minimum absolute atomic E-state index is 0.0387. The van der Waals surface area contributed by atoms with Crippen molar-refractivity contribution in [2.45, 2.75) is 18.9 Å². The molecule has 2 heterocycles. The molecule has 0 aliphatic carbocycles. The van der Waals surface area contributed by atoms with E-state index in [0.29, 0.717) is 17.3 Å². The van der Waals surface area contributed by atoms with Gasteiger partial charge in [-0.25, -0.2) is 0 Å². The topological polar surface area (TPSA) is 32.3 Å². The molecule has 2 rings (SSSR count). The lowest BCUT2D eigenvalue weighted by atomic mass is 9.93. The van der Waals surface area contributed by atoms with Crippen LogP contribution < -0.4 is 5.32 Å². The highest BCUT2D eigenvalue weighted by molar-refractivity contribution is 9.10. The fraction of sp³-hybridized carbons (Fsp3) is 0.364. The average molecular weight is 336 g/mol. The van der Waals surface area contributed by atoms with Crippen LogP contribution in [0.25, 0.3) is 0 Å². The number of nitrogens with one attached hydrogen (secondary N) is 1. The lowest BCUT2D eigenvalue weighted by molar-refractivity contribution is -0.132. The third-order valence-corrected chi connectivity index (χ3v) is 5.80. The maximum atomic E-state index is 11.9. The van der Waals surface area contributed by atoms with Gasteiger partial charge in [0.15, 0.2) is 0 Å². The SMILES string of the molecule is C=C1N[C@](C)(c2scc(Br)c2Cl)CC(=O)N1C. The molecule has 92 valence electrons. The summed E-state index contributed by atoms with van der Waals surface area (Å²) < 4.78 is 0.860. The second-order valence-electron chi connectivity index (χ2n) is 4.26. The number of thiophene rings is 1. The van der Waals surface area contributed by atoms with Crippen molar-refractivity contribution in [2.75, 3.05) is 7.05 Å². The molecule has 0 radical (unpaired) electrons. The molecule has 6 heteroatoms.